The van der Waals surface area contributed by atoms with Crippen LogP contribution in [0.2, 0.25) is 0 Å². The van der Waals surface area contributed by atoms with Crippen molar-refractivity contribution in [2.75, 3.05) is 19.7 Å². The van der Waals surface area contributed by atoms with Crippen LogP contribution >= 0.6 is 11.3 Å². The number of rotatable bonds is 7. The van der Waals surface area contributed by atoms with E-state index < -0.39 is 0 Å². The van der Waals surface area contributed by atoms with E-state index in [1.165, 1.54) is 22.9 Å². The third-order valence-electron chi connectivity index (χ3n) is 5.68. The van der Waals surface area contributed by atoms with Gasteiger partial charge in [-0.05, 0) is 55.8 Å². The zero-order valence-electron chi connectivity index (χ0n) is 17.7. The van der Waals surface area contributed by atoms with Crippen LogP contribution in [0.15, 0.2) is 35.7 Å². The Labute approximate surface area is 177 Å². The molecular weight excluding hydrogens is 384 g/mol. The minimum atomic E-state index is -0.135. The van der Waals surface area contributed by atoms with E-state index in [1.54, 1.807) is 16.2 Å². The number of hydrogen-bond donors (Lipinski definition) is 0. The van der Waals surface area contributed by atoms with Crippen LogP contribution in [0.1, 0.15) is 49.2 Å². The molecule has 0 bridgehead atoms. The Hall–Kier alpha value is -2.34. The van der Waals surface area contributed by atoms with Gasteiger partial charge in [-0.3, -0.25) is 9.59 Å². The summed E-state index contributed by atoms with van der Waals surface area (Å²) in [6.45, 7) is 8.76. The van der Waals surface area contributed by atoms with E-state index in [0.29, 0.717) is 13.2 Å². The SMILES string of the molecule is CCC(C)N(CC(=O)N1CCc2sccc2C1COc1ccc(C)cc1)C(C)=O. The van der Waals surface area contributed by atoms with Gasteiger partial charge in [0.25, 0.3) is 0 Å². The highest BCUT2D eigenvalue weighted by Crippen LogP contribution is 2.34. The quantitative estimate of drug-likeness (QED) is 0.682. The second-order valence-corrected chi connectivity index (χ2v) is 8.68. The summed E-state index contributed by atoms with van der Waals surface area (Å²) in [4.78, 5) is 30.2. The predicted molar refractivity (Wildman–Crippen MR) is 116 cm³/mol. The van der Waals surface area contributed by atoms with Gasteiger partial charge in [0.2, 0.25) is 11.8 Å². The van der Waals surface area contributed by atoms with Gasteiger partial charge < -0.3 is 14.5 Å². The molecule has 2 unspecified atom stereocenters. The minimum Gasteiger partial charge on any atom is -0.491 e. The van der Waals surface area contributed by atoms with Gasteiger partial charge in [-0.2, -0.15) is 0 Å². The number of carbonyl (C=O) groups is 2. The molecule has 29 heavy (non-hydrogen) atoms. The standard InChI is InChI=1S/C23H30N2O3S/c1-5-17(3)25(18(4)26)14-23(27)24-12-10-22-20(11-13-29-22)21(24)15-28-19-8-6-16(2)7-9-19/h6-9,11,13,17,21H,5,10,12,14-15H2,1-4H3. The maximum absolute atomic E-state index is 13.2. The van der Waals surface area contributed by atoms with Crippen molar-refractivity contribution in [2.45, 2.75) is 52.6 Å². The topological polar surface area (TPSA) is 49.9 Å². The van der Waals surface area contributed by atoms with Gasteiger partial charge in [0.1, 0.15) is 12.4 Å². The Morgan fingerprint density at radius 3 is 2.66 bits per heavy atom. The van der Waals surface area contributed by atoms with Gasteiger partial charge in [0.05, 0.1) is 12.6 Å². The van der Waals surface area contributed by atoms with E-state index in [4.69, 9.17) is 4.74 Å². The molecule has 1 aromatic heterocycles. The molecule has 0 aliphatic carbocycles. The summed E-state index contributed by atoms with van der Waals surface area (Å²) in [7, 11) is 0. The van der Waals surface area contributed by atoms with Crippen molar-refractivity contribution in [1.29, 1.82) is 0 Å². The minimum absolute atomic E-state index is 0.0187. The molecule has 0 saturated heterocycles. The molecule has 0 fully saturated rings. The zero-order valence-corrected chi connectivity index (χ0v) is 18.5. The Kier molecular flexibility index (Phi) is 6.96. The van der Waals surface area contributed by atoms with Crippen molar-refractivity contribution >= 4 is 23.2 Å². The van der Waals surface area contributed by atoms with Gasteiger partial charge in [0.15, 0.2) is 0 Å². The van der Waals surface area contributed by atoms with Crippen LogP contribution in [0.4, 0.5) is 0 Å². The molecule has 0 saturated carbocycles. The summed E-state index contributed by atoms with van der Waals surface area (Å²) in [5, 5.41) is 2.08. The van der Waals surface area contributed by atoms with Crippen molar-refractivity contribution in [3.63, 3.8) is 0 Å². The van der Waals surface area contributed by atoms with E-state index in [9.17, 15) is 9.59 Å². The predicted octanol–water partition coefficient (Wildman–Crippen LogP) is 4.21. The largest absolute Gasteiger partial charge is 0.491 e. The fourth-order valence-corrected chi connectivity index (χ4v) is 4.65. The van der Waals surface area contributed by atoms with Crippen molar-refractivity contribution in [3.05, 3.63) is 51.7 Å². The van der Waals surface area contributed by atoms with E-state index in [-0.39, 0.29) is 30.4 Å². The monoisotopic (exact) mass is 414 g/mol. The first-order chi connectivity index (χ1) is 13.9. The van der Waals surface area contributed by atoms with Crippen molar-refractivity contribution in [3.8, 4) is 5.75 Å². The van der Waals surface area contributed by atoms with Gasteiger partial charge in [-0.25, -0.2) is 0 Å². The van der Waals surface area contributed by atoms with E-state index >= 15 is 0 Å². The molecule has 2 amide bonds. The molecule has 0 radical (unpaired) electrons. The second-order valence-electron chi connectivity index (χ2n) is 7.68. The number of nitrogens with zero attached hydrogens (tertiary/aromatic N) is 2. The van der Waals surface area contributed by atoms with Gasteiger partial charge in [0, 0.05) is 24.4 Å². The van der Waals surface area contributed by atoms with E-state index in [1.807, 2.05) is 49.9 Å². The number of benzene rings is 1. The molecule has 0 N–H and O–H groups in total. The van der Waals surface area contributed by atoms with Crippen LogP contribution < -0.4 is 4.74 Å². The third-order valence-corrected chi connectivity index (χ3v) is 6.67. The number of fused-ring (bicyclic) bond motifs is 1. The number of aryl methyl sites for hydroxylation is 1. The first-order valence-corrected chi connectivity index (χ1v) is 11.1. The lowest BCUT2D eigenvalue weighted by atomic mass is 10.00. The second kappa shape index (κ2) is 9.44. The van der Waals surface area contributed by atoms with E-state index in [0.717, 1.165) is 18.6 Å². The Balaban J connectivity index is 1.77. The number of thiophene rings is 1. The fourth-order valence-electron chi connectivity index (χ4n) is 3.72. The van der Waals surface area contributed by atoms with Gasteiger partial charge in [-0.1, -0.05) is 24.6 Å². The van der Waals surface area contributed by atoms with Crippen molar-refractivity contribution in [1.82, 2.24) is 9.80 Å². The number of hydrogen-bond acceptors (Lipinski definition) is 4. The highest BCUT2D eigenvalue weighted by atomic mass is 32.1. The summed E-state index contributed by atoms with van der Waals surface area (Å²) in [6, 6.07) is 9.96. The Morgan fingerprint density at radius 1 is 1.28 bits per heavy atom. The van der Waals surface area contributed by atoms with Crippen molar-refractivity contribution < 1.29 is 14.3 Å². The highest BCUT2D eigenvalue weighted by molar-refractivity contribution is 7.10. The summed E-state index contributed by atoms with van der Waals surface area (Å²) >= 11 is 1.74. The van der Waals surface area contributed by atoms with Crippen LogP contribution in [0, 0.1) is 6.92 Å². The fraction of sp³-hybridized carbons (Fsp3) is 0.478. The maximum Gasteiger partial charge on any atom is 0.242 e. The van der Waals surface area contributed by atoms with E-state index in [2.05, 4.69) is 11.4 Å². The third kappa shape index (κ3) is 4.99. The number of amides is 2. The summed E-state index contributed by atoms with van der Waals surface area (Å²) in [5.41, 5.74) is 2.35. The maximum atomic E-state index is 13.2. The van der Waals surface area contributed by atoms with Gasteiger partial charge in [-0.15, -0.1) is 11.3 Å². The molecule has 6 heteroatoms. The Morgan fingerprint density at radius 2 is 2.00 bits per heavy atom. The first-order valence-electron chi connectivity index (χ1n) is 10.2. The van der Waals surface area contributed by atoms with Crippen LogP contribution in [-0.4, -0.2) is 47.4 Å². The van der Waals surface area contributed by atoms with Crippen LogP contribution in [0.3, 0.4) is 0 Å². The molecule has 156 valence electrons. The van der Waals surface area contributed by atoms with Crippen molar-refractivity contribution in [2.24, 2.45) is 0 Å². The smallest absolute Gasteiger partial charge is 0.242 e. The molecule has 0 spiro atoms. The lowest BCUT2D eigenvalue weighted by Gasteiger charge is -2.37. The molecule has 2 heterocycles. The molecule has 2 atom stereocenters. The molecule has 3 rings (SSSR count). The van der Waals surface area contributed by atoms with Crippen LogP contribution in [0.5, 0.6) is 5.75 Å². The normalized spacial score (nSPS) is 16.8. The highest BCUT2D eigenvalue weighted by Gasteiger charge is 2.33. The average Bonchev–Trinajstić information content (AvgIpc) is 3.19. The number of carbonyl (C=O) groups excluding carboxylic acids is 2. The van der Waals surface area contributed by atoms with Crippen LogP contribution in [-0.2, 0) is 16.0 Å². The summed E-state index contributed by atoms with van der Waals surface area (Å²) in [6.07, 6.45) is 1.67. The molecule has 5 nitrogen and oxygen atoms in total. The molecule has 2 aromatic rings. The lowest BCUT2D eigenvalue weighted by Crippen LogP contribution is -2.49. The zero-order chi connectivity index (χ0) is 21.0. The van der Waals surface area contributed by atoms with Crippen LogP contribution in [0.25, 0.3) is 0 Å². The molecule has 1 aliphatic heterocycles. The molecular formula is C23H30N2O3S. The summed E-state index contributed by atoms with van der Waals surface area (Å²) in [5.74, 6) is 0.721. The number of ether oxygens (including phenoxy) is 1. The molecule has 1 aliphatic rings. The lowest BCUT2D eigenvalue weighted by molar-refractivity contribution is -0.143. The summed E-state index contributed by atoms with van der Waals surface area (Å²) < 4.78 is 6.06. The Bertz CT molecular complexity index is 846. The first kappa shape index (κ1) is 21.4. The molecule has 1 aromatic carbocycles. The van der Waals surface area contributed by atoms with Gasteiger partial charge >= 0.3 is 0 Å². The average molecular weight is 415 g/mol.